The number of hydrogen-bond acceptors (Lipinski definition) is 3. The highest BCUT2D eigenvalue weighted by atomic mass is 16.3. The fourth-order valence-corrected chi connectivity index (χ4v) is 3.22. The Morgan fingerprint density at radius 1 is 1.18 bits per heavy atom. The van der Waals surface area contributed by atoms with Crippen molar-refractivity contribution in [2.75, 3.05) is 18.0 Å². The zero-order chi connectivity index (χ0) is 15.4. The molecule has 1 aromatic carbocycles. The van der Waals surface area contributed by atoms with Gasteiger partial charge in [0.2, 0.25) is 5.91 Å². The first-order valence-electron chi connectivity index (χ1n) is 8.17. The second-order valence-electron chi connectivity index (χ2n) is 6.27. The Balaban J connectivity index is 1.52. The molecule has 1 saturated carbocycles. The predicted octanol–water partition coefficient (Wildman–Crippen LogP) is 2.23. The fraction of sp³-hybridized carbons (Fsp3) is 0.500. The lowest BCUT2D eigenvalue weighted by molar-refractivity contribution is -0.126. The van der Waals surface area contributed by atoms with Crippen LogP contribution in [0.4, 0.5) is 5.69 Å². The number of carbonyl (C=O) groups excluding carboxylic acids is 1. The van der Waals surface area contributed by atoms with Crippen LogP contribution in [0.3, 0.4) is 0 Å². The molecule has 0 spiro atoms. The van der Waals surface area contributed by atoms with Crippen molar-refractivity contribution in [1.29, 1.82) is 0 Å². The Morgan fingerprint density at radius 3 is 2.64 bits per heavy atom. The maximum Gasteiger partial charge on any atom is 0.223 e. The van der Waals surface area contributed by atoms with Gasteiger partial charge in [-0.3, -0.25) is 4.79 Å². The van der Waals surface area contributed by atoms with Crippen LogP contribution in [0, 0.1) is 5.92 Å². The highest BCUT2D eigenvalue weighted by Crippen LogP contribution is 2.24. The third-order valence-electron chi connectivity index (χ3n) is 4.63. The second-order valence-corrected chi connectivity index (χ2v) is 6.27. The van der Waals surface area contributed by atoms with Gasteiger partial charge in [-0.25, -0.2) is 0 Å². The molecule has 4 heteroatoms. The van der Waals surface area contributed by atoms with Crippen molar-refractivity contribution >= 4 is 11.6 Å². The van der Waals surface area contributed by atoms with Crippen LogP contribution in [0.15, 0.2) is 36.4 Å². The zero-order valence-electron chi connectivity index (χ0n) is 12.9. The van der Waals surface area contributed by atoms with E-state index < -0.39 is 0 Å². The number of anilines is 1. The summed E-state index contributed by atoms with van der Waals surface area (Å²) in [5, 5.41) is 12.6. The average Bonchev–Trinajstić information content (AvgIpc) is 3.08. The van der Waals surface area contributed by atoms with Crippen LogP contribution >= 0.6 is 0 Å². The average molecular weight is 300 g/mol. The van der Waals surface area contributed by atoms with Crippen LogP contribution in [0.25, 0.3) is 0 Å². The lowest BCUT2D eigenvalue weighted by Gasteiger charge is -2.24. The molecule has 0 atom stereocenters. The molecule has 0 unspecified atom stereocenters. The number of aliphatic hydroxyl groups is 1. The first-order valence-corrected chi connectivity index (χ1v) is 8.17. The van der Waals surface area contributed by atoms with Crippen molar-refractivity contribution in [2.24, 2.45) is 5.92 Å². The molecule has 4 nitrogen and oxygen atoms in total. The topological polar surface area (TPSA) is 52.6 Å². The van der Waals surface area contributed by atoms with Gasteiger partial charge in [0.1, 0.15) is 0 Å². The Bertz CT molecular complexity index is 540. The van der Waals surface area contributed by atoms with Gasteiger partial charge in [-0.05, 0) is 43.4 Å². The number of carbonyl (C=O) groups is 1. The molecule has 2 aliphatic rings. The first kappa shape index (κ1) is 15.1. The summed E-state index contributed by atoms with van der Waals surface area (Å²) in [5.41, 5.74) is 2.34. The van der Waals surface area contributed by atoms with E-state index in [1.165, 1.54) is 5.69 Å². The maximum atomic E-state index is 12.2. The molecular formula is C18H24N2O2. The molecule has 1 aromatic rings. The lowest BCUT2D eigenvalue weighted by atomic mass is 9.87. The monoisotopic (exact) mass is 300 g/mol. The predicted molar refractivity (Wildman–Crippen MR) is 87.6 cm³/mol. The Kier molecular flexibility index (Phi) is 4.78. The van der Waals surface area contributed by atoms with E-state index in [9.17, 15) is 9.90 Å². The molecule has 3 rings (SSSR count). The first-order chi connectivity index (χ1) is 10.7. The van der Waals surface area contributed by atoms with Crippen LogP contribution in [0.5, 0.6) is 0 Å². The van der Waals surface area contributed by atoms with Crippen molar-refractivity contribution in [3.63, 3.8) is 0 Å². The number of benzene rings is 1. The third-order valence-corrected chi connectivity index (χ3v) is 4.63. The minimum atomic E-state index is -0.213. The quantitative estimate of drug-likeness (QED) is 0.839. The van der Waals surface area contributed by atoms with E-state index in [0.29, 0.717) is 6.54 Å². The number of hydrogen-bond donors (Lipinski definition) is 2. The molecule has 0 radical (unpaired) electrons. The molecule has 118 valence electrons. The van der Waals surface area contributed by atoms with Gasteiger partial charge in [0.05, 0.1) is 6.10 Å². The summed E-state index contributed by atoms with van der Waals surface area (Å²) in [6.45, 7) is 2.49. The molecule has 0 bridgehead atoms. The molecule has 22 heavy (non-hydrogen) atoms. The number of nitrogens with zero attached hydrogens (tertiary/aromatic N) is 1. The van der Waals surface area contributed by atoms with Crippen LogP contribution in [-0.4, -0.2) is 30.2 Å². The summed E-state index contributed by atoms with van der Waals surface area (Å²) in [6.07, 6.45) is 7.22. The number of aliphatic hydroxyl groups excluding tert-OH is 1. The molecule has 0 aromatic heterocycles. The lowest BCUT2D eigenvalue weighted by Crippen LogP contribution is -2.33. The Labute approximate surface area is 131 Å². The van der Waals surface area contributed by atoms with E-state index in [-0.39, 0.29) is 17.9 Å². The smallest absolute Gasteiger partial charge is 0.223 e. The normalized spacial score (nSPS) is 24.5. The summed E-state index contributed by atoms with van der Waals surface area (Å²) in [4.78, 5) is 14.5. The Hall–Kier alpha value is -1.81. The molecule has 1 heterocycles. The van der Waals surface area contributed by atoms with E-state index in [2.05, 4.69) is 40.6 Å². The number of nitrogens with one attached hydrogen (secondary N) is 1. The molecule has 1 amide bonds. The van der Waals surface area contributed by atoms with Gasteiger partial charge >= 0.3 is 0 Å². The van der Waals surface area contributed by atoms with Crippen molar-refractivity contribution in [3.8, 4) is 0 Å². The van der Waals surface area contributed by atoms with Gasteiger partial charge in [0.15, 0.2) is 0 Å². The standard InChI is InChI=1S/C18H24N2O2/c21-17-8-6-15(7-9-17)18(22)19-13-14-4-3-5-16(12-14)20-10-1-2-11-20/h1-5,12,15,17,21H,6-11,13H2,(H,19,22). The minimum Gasteiger partial charge on any atom is -0.393 e. The molecular weight excluding hydrogens is 276 g/mol. The fourth-order valence-electron chi connectivity index (χ4n) is 3.22. The largest absolute Gasteiger partial charge is 0.393 e. The summed E-state index contributed by atoms with van der Waals surface area (Å²) < 4.78 is 0. The zero-order valence-corrected chi connectivity index (χ0v) is 12.9. The Morgan fingerprint density at radius 2 is 1.91 bits per heavy atom. The summed E-state index contributed by atoms with van der Waals surface area (Å²) >= 11 is 0. The van der Waals surface area contributed by atoms with Crippen LogP contribution < -0.4 is 10.2 Å². The van der Waals surface area contributed by atoms with E-state index in [1.54, 1.807) is 0 Å². The van der Waals surface area contributed by atoms with Crippen molar-refractivity contribution in [2.45, 2.75) is 38.3 Å². The van der Waals surface area contributed by atoms with Gasteiger partial charge in [0, 0.05) is 31.2 Å². The van der Waals surface area contributed by atoms with Crippen molar-refractivity contribution < 1.29 is 9.90 Å². The number of amides is 1. The minimum absolute atomic E-state index is 0.0642. The highest BCUT2D eigenvalue weighted by Gasteiger charge is 2.24. The molecule has 1 aliphatic heterocycles. The van der Waals surface area contributed by atoms with Gasteiger partial charge in [-0.2, -0.15) is 0 Å². The third kappa shape index (κ3) is 3.69. The van der Waals surface area contributed by atoms with Crippen molar-refractivity contribution in [3.05, 3.63) is 42.0 Å². The second kappa shape index (κ2) is 6.97. The van der Waals surface area contributed by atoms with Gasteiger partial charge in [-0.1, -0.05) is 24.3 Å². The maximum absolute atomic E-state index is 12.2. The van der Waals surface area contributed by atoms with Gasteiger partial charge in [0.25, 0.3) is 0 Å². The highest BCUT2D eigenvalue weighted by molar-refractivity contribution is 5.78. The number of rotatable bonds is 4. The molecule has 1 fully saturated rings. The van der Waals surface area contributed by atoms with Gasteiger partial charge in [-0.15, -0.1) is 0 Å². The van der Waals surface area contributed by atoms with E-state index in [0.717, 1.165) is 44.3 Å². The molecule has 1 aliphatic carbocycles. The molecule has 2 N–H and O–H groups in total. The van der Waals surface area contributed by atoms with E-state index >= 15 is 0 Å². The summed E-state index contributed by atoms with van der Waals surface area (Å²) in [5.74, 6) is 0.189. The summed E-state index contributed by atoms with van der Waals surface area (Å²) in [7, 11) is 0. The molecule has 0 saturated heterocycles. The summed E-state index contributed by atoms with van der Waals surface area (Å²) in [6, 6.07) is 8.36. The van der Waals surface area contributed by atoms with Gasteiger partial charge < -0.3 is 15.3 Å². The SMILES string of the molecule is O=C(NCc1cccc(N2CC=CC2)c1)C1CCC(O)CC1. The van der Waals surface area contributed by atoms with Crippen molar-refractivity contribution in [1.82, 2.24) is 5.32 Å². The van der Waals surface area contributed by atoms with E-state index in [4.69, 9.17) is 0 Å². The van der Waals surface area contributed by atoms with Crippen LogP contribution in [-0.2, 0) is 11.3 Å². The van der Waals surface area contributed by atoms with E-state index in [1.807, 2.05) is 6.07 Å². The van der Waals surface area contributed by atoms with Crippen LogP contribution in [0.2, 0.25) is 0 Å². The van der Waals surface area contributed by atoms with Crippen LogP contribution in [0.1, 0.15) is 31.2 Å².